The van der Waals surface area contributed by atoms with Crippen molar-refractivity contribution in [2.45, 2.75) is 76.5 Å². The molecule has 2 N–H and O–H groups in total. The summed E-state index contributed by atoms with van der Waals surface area (Å²) in [4.78, 5) is 48.5. The van der Waals surface area contributed by atoms with Gasteiger partial charge in [-0.2, -0.15) is 0 Å². The molecule has 45 heavy (non-hydrogen) atoms. The maximum atomic E-state index is 13.9. The molecule has 10 nitrogen and oxygen atoms in total. The molecule has 1 atom stereocenters. The molecule has 0 bridgehead atoms. The molecular weight excluding hydrogens is 638 g/mol. The van der Waals surface area contributed by atoms with Crippen molar-refractivity contribution in [1.82, 2.24) is 19.6 Å². The number of fused-ring (bicyclic) bond motifs is 1. The second-order valence-electron chi connectivity index (χ2n) is 12.9. The molecule has 0 unspecified atom stereocenters. The maximum Gasteiger partial charge on any atom is 0.410 e. The van der Waals surface area contributed by atoms with Gasteiger partial charge in [-0.1, -0.05) is 24.3 Å². The number of phenolic OH excluding ortho intramolecular Hbond substituents is 1. The first-order valence-electron chi connectivity index (χ1n) is 16.4. The molecule has 0 spiro atoms. The molecule has 2 aromatic rings. The number of nitrogens with zero attached hydrogens (tertiary/aromatic N) is 4. The second kappa shape index (κ2) is 14.0. The highest BCUT2D eigenvalue weighted by molar-refractivity contribution is 9.10. The molecule has 242 valence electrons. The smallest absolute Gasteiger partial charge is 0.410 e. The Labute approximate surface area is 273 Å². The van der Waals surface area contributed by atoms with Crippen LogP contribution in [0.2, 0.25) is 0 Å². The van der Waals surface area contributed by atoms with Gasteiger partial charge in [0.25, 0.3) is 5.91 Å². The number of likely N-dealkylation sites (tertiary alicyclic amines) is 3. The number of hydrogen-bond acceptors (Lipinski definition) is 6. The molecule has 2 aromatic carbocycles. The van der Waals surface area contributed by atoms with Crippen LogP contribution in [0.15, 0.2) is 40.9 Å². The number of benzene rings is 2. The molecule has 0 aliphatic carbocycles. The first-order valence-corrected chi connectivity index (χ1v) is 17.2. The van der Waals surface area contributed by atoms with Crippen molar-refractivity contribution in [2.24, 2.45) is 0 Å². The number of para-hydroxylation sites is 1. The van der Waals surface area contributed by atoms with Crippen LogP contribution in [0.1, 0.15) is 55.2 Å². The van der Waals surface area contributed by atoms with E-state index in [0.29, 0.717) is 61.6 Å². The topological polar surface area (TPSA) is 106 Å². The van der Waals surface area contributed by atoms with Crippen molar-refractivity contribution in [3.63, 3.8) is 0 Å². The minimum Gasteiger partial charge on any atom is -0.506 e. The number of nitrogens with one attached hydrogen (secondary N) is 1. The summed E-state index contributed by atoms with van der Waals surface area (Å²) < 4.78 is 6.57. The molecule has 0 saturated carbocycles. The van der Waals surface area contributed by atoms with Crippen LogP contribution in [0.25, 0.3) is 0 Å². The number of anilines is 1. The van der Waals surface area contributed by atoms with E-state index in [2.05, 4.69) is 26.1 Å². The molecule has 4 amide bonds. The summed E-state index contributed by atoms with van der Waals surface area (Å²) in [5.41, 5.74) is 3.48. The first-order chi connectivity index (χ1) is 21.8. The van der Waals surface area contributed by atoms with Gasteiger partial charge in [0, 0.05) is 56.9 Å². The zero-order valence-corrected chi connectivity index (χ0v) is 27.6. The molecule has 3 saturated heterocycles. The predicted molar refractivity (Wildman–Crippen MR) is 175 cm³/mol. The fourth-order valence-corrected chi connectivity index (χ4v) is 7.98. The molecule has 0 radical (unpaired) electrons. The van der Waals surface area contributed by atoms with Gasteiger partial charge in [0.05, 0.1) is 4.47 Å². The van der Waals surface area contributed by atoms with Gasteiger partial charge in [0.15, 0.2) is 6.10 Å². The Bertz CT molecular complexity index is 1380. The van der Waals surface area contributed by atoms with Gasteiger partial charge in [0.2, 0.25) is 0 Å². The summed E-state index contributed by atoms with van der Waals surface area (Å²) in [5, 5.41) is 13.3. The van der Waals surface area contributed by atoms with Crippen molar-refractivity contribution in [3.05, 3.63) is 57.6 Å². The molecule has 4 aliphatic heterocycles. The Morgan fingerprint density at radius 3 is 2.33 bits per heavy atom. The molecule has 0 aromatic heterocycles. The highest BCUT2D eigenvalue weighted by Crippen LogP contribution is 2.31. The number of halogens is 1. The fourth-order valence-electron chi connectivity index (χ4n) is 7.38. The number of carbonyl (C=O) groups excluding carboxylic acids is 3. The summed E-state index contributed by atoms with van der Waals surface area (Å²) in [6, 6.07) is 11.9. The van der Waals surface area contributed by atoms with E-state index < -0.39 is 12.2 Å². The van der Waals surface area contributed by atoms with E-state index in [1.54, 1.807) is 11.0 Å². The third kappa shape index (κ3) is 7.25. The number of hydrogen-bond donors (Lipinski definition) is 2. The summed E-state index contributed by atoms with van der Waals surface area (Å²) in [5.74, 6) is -0.00629. The van der Waals surface area contributed by atoms with E-state index >= 15 is 0 Å². The molecule has 6 rings (SSSR count). The van der Waals surface area contributed by atoms with Crippen LogP contribution in [0.3, 0.4) is 0 Å². The number of urea groups is 1. The van der Waals surface area contributed by atoms with Gasteiger partial charge in [0.1, 0.15) is 5.75 Å². The minimum absolute atomic E-state index is 0.0232. The van der Waals surface area contributed by atoms with E-state index in [9.17, 15) is 19.5 Å². The highest BCUT2D eigenvalue weighted by Gasteiger charge is 2.36. The van der Waals surface area contributed by atoms with Crippen molar-refractivity contribution < 1.29 is 24.2 Å². The van der Waals surface area contributed by atoms with Crippen molar-refractivity contribution in [3.8, 4) is 5.75 Å². The Hall–Kier alpha value is -3.31. The number of rotatable bonds is 6. The van der Waals surface area contributed by atoms with Crippen molar-refractivity contribution >= 4 is 39.6 Å². The number of piperidine rings is 2. The third-order valence-electron chi connectivity index (χ3n) is 9.99. The number of ether oxygens (including phenoxy) is 1. The number of aromatic hydroxyl groups is 1. The second-order valence-corrected chi connectivity index (χ2v) is 13.7. The van der Waals surface area contributed by atoms with Crippen LogP contribution in [0.5, 0.6) is 5.75 Å². The summed E-state index contributed by atoms with van der Waals surface area (Å²) in [6.45, 7) is 6.92. The minimum atomic E-state index is -0.968. The van der Waals surface area contributed by atoms with Gasteiger partial charge < -0.3 is 34.8 Å². The van der Waals surface area contributed by atoms with E-state index in [4.69, 9.17) is 4.74 Å². The standard InChI is InChI=1S/C34H44BrN5O5/c1-23-20-24(21-28(35)31(23)41)22-30(32(42)38-15-9-26(10-16-38)37-13-4-5-14-37)45-34(44)39-17-11-27(12-18-39)40-19-8-25-6-2-3-7-29(25)36-33(40)43/h2-3,6-7,20-21,26-27,30,41H,4-5,8-19,22H2,1H3,(H,36,43)/t30-/m1/s1. The number of phenols is 1. The quantitative estimate of drug-likeness (QED) is 0.437. The Kier molecular flexibility index (Phi) is 9.84. The fraction of sp³-hybridized carbons (Fsp3) is 0.559. The van der Waals surface area contributed by atoms with Gasteiger partial charge in [-0.25, -0.2) is 9.59 Å². The predicted octanol–water partition coefficient (Wildman–Crippen LogP) is 5.15. The SMILES string of the molecule is Cc1cc(C[C@@H](OC(=O)N2CCC(N3CCc4ccccc4NC3=O)CC2)C(=O)N2CCC(N3CCCC3)CC2)cc(Br)c1O. The normalized spacial score (nSPS) is 20.8. The monoisotopic (exact) mass is 681 g/mol. The summed E-state index contributed by atoms with van der Waals surface area (Å²) in [6.07, 6.45) is 5.18. The Balaban J connectivity index is 1.09. The van der Waals surface area contributed by atoms with Crippen LogP contribution >= 0.6 is 15.9 Å². The first kappa shape index (κ1) is 31.7. The maximum absolute atomic E-state index is 13.9. The van der Waals surface area contributed by atoms with Gasteiger partial charge in [-0.05, 0) is 110 Å². The number of carbonyl (C=O) groups is 3. The van der Waals surface area contributed by atoms with E-state index in [-0.39, 0.29) is 30.2 Å². The molecule has 4 heterocycles. The highest BCUT2D eigenvalue weighted by atomic mass is 79.9. The Morgan fingerprint density at radius 2 is 1.62 bits per heavy atom. The summed E-state index contributed by atoms with van der Waals surface area (Å²) in [7, 11) is 0. The zero-order valence-electron chi connectivity index (χ0n) is 26.0. The average molecular weight is 683 g/mol. The molecule has 3 fully saturated rings. The van der Waals surface area contributed by atoms with Crippen LogP contribution < -0.4 is 5.32 Å². The molecule has 4 aliphatic rings. The third-order valence-corrected chi connectivity index (χ3v) is 10.6. The zero-order chi connectivity index (χ0) is 31.5. The lowest BCUT2D eigenvalue weighted by Gasteiger charge is -2.39. The lowest BCUT2D eigenvalue weighted by Crippen LogP contribution is -2.52. The van der Waals surface area contributed by atoms with Crippen LogP contribution in [0.4, 0.5) is 15.3 Å². The van der Waals surface area contributed by atoms with Crippen molar-refractivity contribution in [1.29, 1.82) is 0 Å². The van der Waals surface area contributed by atoms with Gasteiger partial charge in [-0.15, -0.1) is 0 Å². The average Bonchev–Trinajstić information content (AvgIpc) is 3.53. The van der Waals surface area contributed by atoms with E-state index in [0.717, 1.165) is 49.2 Å². The van der Waals surface area contributed by atoms with Crippen LogP contribution in [-0.4, -0.2) is 107 Å². The van der Waals surface area contributed by atoms with Crippen LogP contribution in [-0.2, 0) is 22.4 Å². The number of amides is 4. The van der Waals surface area contributed by atoms with Gasteiger partial charge >= 0.3 is 12.1 Å². The number of aryl methyl sites for hydroxylation is 1. The summed E-state index contributed by atoms with van der Waals surface area (Å²) >= 11 is 3.41. The van der Waals surface area contributed by atoms with Crippen molar-refractivity contribution in [2.75, 3.05) is 51.1 Å². The largest absolute Gasteiger partial charge is 0.506 e. The lowest BCUT2D eigenvalue weighted by atomic mass is 10.0. The molecular formula is C34H44BrN5O5. The van der Waals surface area contributed by atoms with E-state index in [1.165, 1.54) is 12.8 Å². The van der Waals surface area contributed by atoms with E-state index in [1.807, 2.05) is 47.1 Å². The van der Waals surface area contributed by atoms with Gasteiger partial charge in [-0.3, -0.25) is 4.79 Å². The molecule has 11 heteroatoms. The lowest BCUT2D eigenvalue weighted by molar-refractivity contribution is -0.142. The Morgan fingerprint density at radius 1 is 0.956 bits per heavy atom. The van der Waals surface area contributed by atoms with Crippen LogP contribution in [0, 0.1) is 6.92 Å².